The molecule has 0 spiro atoms. The van der Waals surface area contributed by atoms with E-state index < -0.39 is 0 Å². The summed E-state index contributed by atoms with van der Waals surface area (Å²) >= 11 is 1.64. The third-order valence-corrected chi connectivity index (χ3v) is 4.33. The average Bonchev–Trinajstić information content (AvgIpc) is 3.15. The van der Waals surface area contributed by atoms with Crippen molar-refractivity contribution in [3.05, 3.63) is 58.8 Å². The van der Waals surface area contributed by atoms with Crippen LogP contribution in [0.4, 0.5) is 5.69 Å². The van der Waals surface area contributed by atoms with Gasteiger partial charge in [0.2, 0.25) is 5.89 Å². The van der Waals surface area contributed by atoms with Crippen molar-refractivity contribution in [1.29, 1.82) is 0 Å². The third-order valence-electron chi connectivity index (χ3n) is 3.47. The van der Waals surface area contributed by atoms with E-state index in [2.05, 4.69) is 35.4 Å². The Morgan fingerprint density at radius 2 is 2.05 bits per heavy atom. The first kappa shape index (κ1) is 13.9. The van der Waals surface area contributed by atoms with E-state index in [9.17, 15) is 0 Å². The van der Waals surface area contributed by atoms with Crippen molar-refractivity contribution >= 4 is 17.0 Å². The fourth-order valence-corrected chi connectivity index (χ4v) is 2.93. The molecule has 2 heterocycles. The van der Waals surface area contributed by atoms with E-state index in [4.69, 9.17) is 4.42 Å². The van der Waals surface area contributed by atoms with Gasteiger partial charge in [0, 0.05) is 5.69 Å². The maximum absolute atomic E-state index is 5.76. The molecule has 0 aliphatic carbocycles. The highest BCUT2D eigenvalue weighted by molar-refractivity contribution is 7.13. The van der Waals surface area contributed by atoms with Crippen LogP contribution < -0.4 is 5.32 Å². The molecule has 4 heteroatoms. The summed E-state index contributed by atoms with van der Waals surface area (Å²) in [5.41, 5.74) is 3.45. The van der Waals surface area contributed by atoms with Crippen molar-refractivity contribution in [2.75, 3.05) is 5.32 Å². The summed E-state index contributed by atoms with van der Waals surface area (Å²) < 4.78 is 5.76. The Hall–Kier alpha value is -2.07. The fourth-order valence-electron chi connectivity index (χ4n) is 2.28. The quantitative estimate of drug-likeness (QED) is 0.729. The smallest absolute Gasteiger partial charge is 0.236 e. The Morgan fingerprint density at radius 3 is 2.81 bits per heavy atom. The van der Waals surface area contributed by atoms with Crippen molar-refractivity contribution in [3.8, 4) is 10.8 Å². The SMILES string of the molecule is CCc1ccccc1NCc1nc(-c2cccs2)oc1C. The number of nitrogens with zero attached hydrogens (tertiary/aromatic N) is 1. The fraction of sp³-hybridized carbons (Fsp3) is 0.235. The normalized spacial score (nSPS) is 10.8. The lowest BCUT2D eigenvalue weighted by atomic mass is 10.1. The number of anilines is 1. The number of nitrogens with one attached hydrogen (secondary N) is 1. The maximum atomic E-state index is 5.76. The van der Waals surface area contributed by atoms with Gasteiger partial charge in [0.1, 0.15) is 11.5 Å². The van der Waals surface area contributed by atoms with Gasteiger partial charge in [-0.15, -0.1) is 11.3 Å². The second-order valence-corrected chi connectivity index (χ2v) is 5.81. The van der Waals surface area contributed by atoms with E-state index >= 15 is 0 Å². The van der Waals surface area contributed by atoms with Crippen molar-refractivity contribution in [2.45, 2.75) is 26.8 Å². The van der Waals surface area contributed by atoms with Crippen LogP contribution in [-0.4, -0.2) is 4.98 Å². The monoisotopic (exact) mass is 298 g/mol. The number of aromatic nitrogens is 1. The van der Waals surface area contributed by atoms with Crippen LogP contribution in [0.3, 0.4) is 0 Å². The number of thiophene rings is 1. The second-order valence-electron chi connectivity index (χ2n) is 4.86. The molecule has 2 aromatic heterocycles. The molecular weight excluding hydrogens is 280 g/mol. The average molecular weight is 298 g/mol. The minimum absolute atomic E-state index is 0.678. The summed E-state index contributed by atoms with van der Waals surface area (Å²) in [5.74, 6) is 1.59. The van der Waals surface area contributed by atoms with Gasteiger partial charge in [-0.3, -0.25) is 0 Å². The van der Waals surface area contributed by atoms with E-state index in [1.807, 2.05) is 30.5 Å². The van der Waals surface area contributed by atoms with Gasteiger partial charge in [-0.2, -0.15) is 0 Å². The van der Waals surface area contributed by atoms with E-state index in [0.717, 1.165) is 22.8 Å². The minimum Gasteiger partial charge on any atom is -0.440 e. The Kier molecular flexibility index (Phi) is 4.06. The molecule has 0 radical (unpaired) electrons. The number of hydrogen-bond donors (Lipinski definition) is 1. The zero-order valence-corrected chi connectivity index (χ0v) is 13.0. The lowest BCUT2D eigenvalue weighted by Crippen LogP contribution is -2.03. The van der Waals surface area contributed by atoms with Crippen LogP contribution in [0.1, 0.15) is 23.9 Å². The van der Waals surface area contributed by atoms with Crippen molar-refractivity contribution < 1.29 is 4.42 Å². The maximum Gasteiger partial charge on any atom is 0.236 e. The van der Waals surface area contributed by atoms with Crippen molar-refractivity contribution in [3.63, 3.8) is 0 Å². The van der Waals surface area contributed by atoms with Crippen LogP contribution in [-0.2, 0) is 13.0 Å². The van der Waals surface area contributed by atoms with Gasteiger partial charge in [-0.05, 0) is 36.4 Å². The molecule has 21 heavy (non-hydrogen) atoms. The van der Waals surface area contributed by atoms with E-state index in [-0.39, 0.29) is 0 Å². The number of hydrogen-bond acceptors (Lipinski definition) is 4. The summed E-state index contributed by atoms with van der Waals surface area (Å²) in [4.78, 5) is 5.67. The Bertz CT molecular complexity index is 716. The van der Waals surface area contributed by atoms with Gasteiger partial charge in [-0.25, -0.2) is 4.98 Å². The van der Waals surface area contributed by atoms with Crippen LogP contribution in [0.2, 0.25) is 0 Å². The zero-order chi connectivity index (χ0) is 14.7. The number of oxazole rings is 1. The third kappa shape index (κ3) is 3.00. The molecule has 3 aromatic rings. The first-order valence-electron chi connectivity index (χ1n) is 7.10. The van der Waals surface area contributed by atoms with Gasteiger partial charge < -0.3 is 9.73 Å². The molecule has 0 bridgehead atoms. The van der Waals surface area contributed by atoms with Crippen molar-refractivity contribution in [1.82, 2.24) is 4.98 Å². The van der Waals surface area contributed by atoms with Crippen LogP contribution in [0.15, 0.2) is 46.2 Å². The van der Waals surface area contributed by atoms with Gasteiger partial charge in [0.25, 0.3) is 0 Å². The highest BCUT2D eigenvalue weighted by Gasteiger charge is 2.12. The van der Waals surface area contributed by atoms with Crippen LogP contribution in [0, 0.1) is 6.92 Å². The summed E-state index contributed by atoms with van der Waals surface area (Å²) in [6.45, 7) is 4.81. The summed E-state index contributed by atoms with van der Waals surface area (Å²) in [6.07, 6.45) is 1.02. The molecule has 0 aliphatic rings. The number of rotatable bonds is 5. The number of para-hydroxylation sites is 1. The van der Waals surface area contributed by atoms with Crippen molar-refractivity contribution in [2.24, 2.45) is 0 Å². The summed E-state index contributed by atoms with van der Waals surface area (Å²) in [7, 11) is 0. The Morgan fingerprint density at radius 1 is 1.19 bits per heavy atom. The first-order valence-corrected chi connectivity index (χ1v) is 7.98. The largest absolute Gasteiger partial charge is 0.440 e. The highest BCUT2D eigenvalue weighted by Crippen LogP contribution is 2.26. The number of aryl methyl sites for hydroxylation is 2. The number of benzene rings is 1. The highest BCUT2D eigenvalue weighted by atomic mass is 32.1. The standard InChI is InChI=1S/C17H18N2OS/c1-3-13-7-4-5-8-14(13)18-11-15-12(2)20-17(19-15)16-9-6-10-21-16/h4-10,18H,3,11H2,1-2H3. The molecule has 108 valence electrons. The molecule has 1 aromatic carbocycles. The van der Waals surface area contributed by atoms with Gasteiger partial charge in [0.15, 0.2) is 0 Å². The molecule has 1 N–H and O–H groups in total. The minimum atomic E-state index is 0.678. The lowest BCUT2D eigenvalue weighted by Gasteiger charge is -2.09. The molecule has 0 saturated carbocycles. The van der Waals surface area contributed by atoms with E-state index in [1.165, 1.54) is 11.3 Å². The zero-order valence-electron chi connectivity index (χ0n) is 12.2. The molecule has 3 rings (SSSR count). The predicted molar refractivity (Wildman–Crippen MR) is 87.7 cm³/mol. The first-order chi connectivity index (χ1) is 10.3. The molecule has 3 nitrogen and oxygen atoms in total. The Balaban J connectivity index is 1.76. The molecule has 0 atom stereocenters. The predicted octanol–water partition coefficient (Wildman–Crippen LogP) is 4.89. The molecule has 0 aliphatic heterocycles. The summed E-state index contributed by atoms with van der Waals surface area (Å²) in [5, 5.41) is 5.49. The molecule has 0 amide bonds. The summed E-state index contributed by atoms with van der Waals surface area (Å²) in [6, 6.07) is 12.4. The molecule has 0 fully saturated rings. The van der Waals surface area contributed by atoms with Gasteiger partial charge in [-0.1, -0.05) is 31.2 Å². The van der Waals surface area contributed by atoms with Gasteiger partial charge >= 0.3 is 0 Å². The van der Waals surface area contributed by atoms with Crippen LogP contribution in [0.25, 0.3) is 10.8 Å². The van der Waals surface area contributed by atoms with Crippen LogP contribution in [0.5, 0.6) is 0 Å². The van der Waals surface area contributed by atoms with Gasteiger partial charge in [0.05, 0.1) is 11.4 Å². The molecule has 0 saturated heterocycles. The van der Waals surface area contributed by atoms with E-state index in [0.29, 0.717) is 12.4 Å². The second kappa shape index (κ2) is 6.14. The van der Waals surface area contributed by atoms with E-state index in [1.54, 1.807) is 11.3 Å². The lowest BCUT2D eigenvalue weighted by molar-refractivity contribution is 0.541. The van der Waals surface area contributed by atoms with Crippen LogP contribution >= 0.6 is 11.3 Å². The Labute approximate surface area is 128 Å². The topological polar surface area (TPSA) is 38.1 Å². The molecular formula is C17H18N2OS. The molecule has 0 unspecified atom stereocenters.